The maximum atomic E-state index is 3.38. The molecule has 1 aliphatic rings. The van der Waals surface area contributed by atoms with Crippen molar-refractivity contribution < 1.29 is 0 Å². The van der Waals surface area contributed by atoms with Crippen LogP contribution in [0.25, 0.3) is 0 Å². The molecule has 0 bridgehead atoms. The Kier molecular flexibility index (Phi) is 6.37. The van der Waals surface area contributed by atoms with Gasteiger partial charge in [-0.25, -0.2) is 0 Å². The van der Waals surface area contributed by atoms with Crippen LogP contribution < -0.4 is 5.32 Å². The average molecular weight is 226 g/mol. The summed E-state index contributed by atoms with van der Waals surface area (Å²) in [6.07, 6.45) is 7.04. The largest absolute Gasteiger partial charge is 0.316 e. The predicted molar refractivity (Wildman–Crippen MR) is 71.8 cm³/mol. The van der Waals surface area contributed by atoms with Crippen LogP contribution in [0.2, 0.25) is 0 Å². The topological polar surface area (TPSA) is 15.3 Å². The lowest BCUT2D eigenvalue weighted by atomic mass is 9.96. The van der Waals surface area contributed by atoms with E-state index in [-0.39, 0.29) is 0 Å². The zero-order valence-electron chi connectivity index (χ0n) is 11.6. The van der Waals surface area contributed by atoms with E-state index in [2.05, 4.69) is 38.0 Å². The molecule has 1 N–H and O–H groups in total. The van der Waals surface area contributed by atoms with Crippen LogP contribution >= 0.6 is 0 Å². The predicted octanol–water partition coefficient (Wildman–Crippen LogP) is 2.89. The lowest BCUT2D eigenvalue weighted by Gasteiger charge is -2.32. The van der Waals surface area contributed by atoms with Gasteiger partial charge in [-0.05, 0) is 59.2 Å². The fourth-order valence-corrected chi connectivity index (χ4v) is 2.85. The van der Waals surface area contributed by atoms with Crippen molar-refractivity contribution in [1.29, 1.82) is 0 Å². The first kappa shape index (κ1) is 14.0. The van der Waals surface area contributed by atoms with Gasteiger partial charge in [0.1, 0.15) is 0 Å². The minimum atomic E-state index is 0.600. The zero-order chi connectivity index (χ0) is 12.0. The number of hydrogen-bond acceptors (Lipinski definition) is 2. The quantitative estimate of drug-likeness (QED) is 0.775. The summed E-state index contributed by atoms with van der Waals surface area (Å²) in [6, 6.07) is 1.27. The fourth-order valence-electron chi connectivity index (χ4n) is 2.85. The second kappa shape index (κ2) is 7.29. The lowest BCUT2D eigenvalue weighted by molar-refractivity contribution is 0.182. The zero-order valence-corrected chi connectivity index (χ0v) is 11.6. The first-order valence-corrected chi connectivity index (χ1v) is 7.10. The van der Waals surface area contributed by atoms with Crippen LogP contribution in [0.15, 0.2) is 0 Å². The van der Waals surface area contributed by atoms with E-state index in [0.29, 0.717) is 12.1 Å². The molecular weight excluding hydrogens is 196 g/mol. The van der Waals surface area contributed by atoms with Crippen molar-refractivity contribution in [3.05, 3.63) is 0 Å². The molecule has 0 radical (unpaired) electrons. The molecule has 2 heteroatoms. The van der Waals surface area contributed by atoms with Gasteiger partial charge in [0.05, 0.1) is 0 Å². The number of rotatable bonds is 5. The molecule has 0 saturated carbocycles. The highest BCUT2D eigenvalue weighted by Gasteiger charge is 2.22. The SMILES string of the molecule is CCCC1CCCN(C(C)C(C)NC)CC1. The molecule has 1 aliphatic heterocycles. The van der Waals surface area contributed by atoms with E-state index < -0.39 is 0 Å². The van der Waals surface area contributed by atoms with E-state index in [0.717, 1.165) is 5.92 Å². The highest BCUT2D eigenvalue weighted by molar-refractivity contribution is 4.79. The van der Waals surface area contributed by atoms with E-state index in [9.17, 15) is 0 Å². The summed E-state index contributed by atoms with van der Waals surface area (Å²) in [4.78, 5) is 2.68. The lowest BCUT2D eigenvalue weighted by Crippen LogP contribution is -2.46. The first-order valence-electron chi connectivity index (χ1n) is 7.10. The molecule has 0 amide bonds. The molecule has 0 spiro atoms. The maximum absolute atomic E-state index is 3.38. The Morgan fingerprint density at radius 3 is 2.62 bits per heavy atom. The van der Waals surface area contributed by atoms with Crippen LogP contribution in [-0.4, -0.2) is 37.1 Å². The molecule has 16 heavy (non-hydrogen) atoms. The molecule has 1 heterocycles. The Hall–Kier alpha value is -0.0800. The standard InChI is InChI=1S/C14H30N2/c1-5-7-14-8-6-10-16(11-9-14)13(3)12(2)15-4/h12-15H,5-11H2,1-4H3. The van der Waals surface area contributed by atoms with Crippen molar-refractivity contribution >= 4 is 0 Å². The molecule has 1 rings (SSSR count). The monoisotopic (exact) mass is 226 g/mol. The number of nitrogens with one attached hydrogen (secondary N) is 1. The fraction of sp³-hybridized carbons (Fsp3) is 1.00. The molecule has 3 unspecified atom stereocenters. The van der Waals surface area contributed by atoms with Crippen LogP contribution in [0.1, 0.15) is 52.9 Å². The van der Waals surface area contributed by atoms with Crippen molar-refractivity contribution in [1.82, 2.24) is 10.2 Å². The van der Waals surface area contributed by atoms with E-state index >= 15 is 0 Å². The summed E-state index contributed by atoms with van der Waals surface area (Å²) >= 11 is 0. The average Bonchev–Trinajstić information content (AvgIpc) is 2.53. The van der Waals surface area contributed by atoms with Crippen molar-refractivity contribution in [2.45, 2.75) is 65.0 Å². The van der Waals surface area contributed by atoms with Gasteiger partial charge in [-0.1, -0.05) is 19.8 Å². The Balaban J connectivity index is 2.40. The summed E-state index contributed by atoms with van der Waals surface area (Å²) in [5, 5.41) is 3.38. The Morgan fingerprint density at radius 1 is 1.25 bits per heavy atom. The Morgan fingerprint density at radius 2 is 2.00 bits per heavy atom. The Labute approximate surface area is 102 Å². The summed E-state index contributed by atoms with van der Waals surface area (Å²) in [5.74, 6) is 0.993. The third-order valence-electron chi connectivity index (χ3n) is 4.33. The third-order valence-corrected chi connectivity index (χ3v) is 4.33. The van der Waals surface area contributed by atoms with Crippen LogP contribution in [0.5, 0.6) is 0 Å². The van der Waals surface area contributed by atoms with Gasteiger partial charge in [-0.2, -0.15) is 0 Å². The molecular formula is C14H30N2. The third kappa shape index (κ3) is 4.06. The second-order valence-corrected chi connectivity index (χ2v) is 5.44. The van der Waals surface area contributed by atoms with Gasteiger partial charge < -0.3 is 5.32 Å². The van der Waals surface area contributed by atoms with Crippen LogP contribution in [0, 0.1) is 5.92 Å². The van der Waals surface area contributed by atoms with Crippen molar-refractivity contribution in [3.8, 4) is 0 Å². The highest BCUT2D eigenvalue weighted by atomic mass is 15.2. The van der Waals surface area contributed by atoms with Gasteiger partial charge in [-0.15, -0.1) is 0 Å². The van der Waals surface area contributed by atoms with Crippen molar-refractivity contribution in [2.24, 2.45) is 5.92 Å². The van der Waals surface area contributed by atoms with E-state index in [1.807, 2.05) is 0 Å². The van der Waals surface area contributed by atoms with Crippen LogP contribution in [0.3, 0.4) is 0 Å². The molecule has 96 valence electrons. The first-order chi connectivity index (χ1) is 7.69. The highest BCUT2D eigenvalue weighted by Crippen LogP contribution is 2.23. The van der Waals surface area contributed by atoms with Crippen molar-refractivity contribution in [2.75, 3.05) is 20.1 Å². The van der Waals surface area contributed by atoms with Crippen LogP contribution in [-0.2, 0) is 0 Å². The molecule has 1 fully saturated rings. The van der Waals surface area contributed by atoms with Gasteiger partial charge in [0.2, 0.25) is 0 Å². The van der Waals surface area contributed by atoms with Gasteiger partial charge in [0.25, 0.3) is 0 Å². The summed E-state index contributed by atoms with van der Waals surface area (Å²) < 4.78 is 0. The molecule has 1 saturated heterocycles. The number of hydrogen-bond donors (Lipinski definition) is 1. The Bertz CT molecular complexity index is 182. The van der Waals surface area contributed by atoms with E-state index in [1.54, 1.807) is 0 Å². The number of likely N-dealkylation sites (tertiary alicyclic amines) is 1. The van der Waals surface area contributed by atoms with E-state index in [1.165, 1.54) is 45.2 Å². The summed E-state index contributed by atoms with van der Waals surface area (Å²) in [6.45, 7) is 9.57. The summed E-state index contributed by atoms with van der Waals surface area (Å²) in [7, 11) is 2.07. The number of likely N-dealkylation sites (N-methyl/N-ethyl adjacent to an activating group) is 1. The maximum Gasteiger partial charge on any atom is 0.0218 e. The minimum Gasteiger partial charge on any atom is -0.316 e. The van der Waals surface area contributed by atoms with Gasteiger partial charge in [-0.3, -0.25) is 4.90 Å². The molecule has 0 aromatic rings. The normalized spacial score (nSPS) is 27.4. The van der Waals surface area contributed by atoms with Gasteiger partial charge in [0.15, 0.2) is 0 Å². The molecule has 0 aliphatic carbocycles. The van der Waals surface area contributed by atoms with Crippen LogP contribution in [0.4, 0.5) is 0 Å². The molecule has 0 aromatic carbocycles. The smallest absolute Gasteiger partial charge is 0.0218 e. The second-order valence-electron chi connectivity index (χ2n) is 5.44. The molecule has 3 atom stereocenters. The van der Waals surface area contributed by atoms with Crippen molar-refractivity contribution in [3.63, 3.8) is 0 Å². The summed E-state index contributed by atoms with van der Waals surface area (Å²) in [5.41, 5.74) is 0. The van der Waals surface area contributed by atoms with Gasteiger partial charge in [0, 0.05) is 12.1 Å². The minimum absolute atomic E-state index is 0.600. The van der Waals surface area contributed by atoms with Gasteiger partial charge >= 0.3 is 0 Å². The molecule has 2 nitrogen and oxygen atoms in total. The van der Waals surface area contributed by atoms with E-state index in [4.69, 9.17) is 0 Å². The number of nitrogens with zero attached hydrogens (tertiary/aromatic N) is 1. The molecule has 0 aromatic heterocycles.